The highest BCUT2D eigenvalue weighted by Gasteiger charge is 2.08. The second-order valence-electron chi connectivity index (χ2n) is 5.86. The van der Waals surface area contributed by atoms with Gasteiger partial charge in [0.25, 0.3) is 0 Å². The lowest BCUT2D eigenvalue weighted by atomic mass is 10.00. The minimum atomic E-state index is 0.739. The fraction of sp³-hybridized carbons (Fsp3) is 0.0455. The van der Waals surface area contributed by atoms with Crippen LogP contribution in [0.3, 0.4) is 0 Å². The first kappa shape index (κ1) is 14.5. The molecule has 116 valence electrons. The van der Waals surface area contributed by atoms with E-state index in [1.165, 1.54) is 16.7 Å². The molecule has 0 amide bonds. The fourth-order valence-corrected chi connectivity index (χ4v) is 3.23. The molecule has 1 heterocycles. The van der Waals surface area contributed by atoms with E-state index in [0.29, 0.717) is 0 Å². The first-order chi connectivity index (χ1) is 11.9. The van der Waals surface area contributed by atoms with Gasteiger partial charge in [0.2, 0.25) is 0 Å². The molecule has 0 spiro atoms. The number of aldehydes is 1. The zero-order chi connectivity index (χ0) is 16.4. The van der Waals surface area contributed by atoms with E-state index in [1.807, 2.05) is 24.3 Å². The van der Waals surface area contributed by atoms with Crippen LogP contribution in [-0.4, -0.2) is 10.9 Å². The number of rotatable bonds is 4. The van der Waals surface area contributed by atoms with E-state index in [4.69, 9.17) is 0 Å². The van der Waals surface area contributed by atoms with Crippen molar-refractivity contribution in [3.63, 3.8) is 0 Å². The standard InChI is InChI=1S/C22H17NO/c24-16-19-10-6-12-22-21(19)13-14-23(22)15-18-9-4-5-11-20(18)17-7-2-1-3-8-17/h1-14,16H,15H2. The second kappa shape index (κ2) is 6.17. The first-order valence-electron chi connectivity index (χ1n) is 8.03. The number of hydrogen-bond acceptors (Lipinski definition) is 1. The molecular weight excluding hydrogens is 294 g/mol. The van der Waals surface area contributed by atoms with E-state index >= 15 is 0 Å². The normalized spacial score (nSPS) is 10.8. The maximum atomic E-state index is 11.2. The molecule has 0 aliphatic heterocycles. The maximum Gasteiger partial charge on any atom is 0.150 e. The zero-order valence-electron chi connectivity index (χ0n) is 13.2. The molecule has 0 atom stereocenters. The third kappa shape index (κ3) is 2.52. The van der Waals surface area contributed by atoms with Crippen LogP contribution in [0.1, 0.15) is 15.9 Å². The van der Waals surface area contributed by atoms with Crippen molar-refractivity contribution in [2.24, 2.45) is 0 Å². The Bertz CT molecular complexity index is 999. The van der Waals surface area contributed by atoms with Gasteiger partial charge in [0, 0.05) is 29.2 Å². The molecule has 0 radical (unpaired) electrons. The maximum absolute atomic E-state index is 11.2. The van der Waals surface area contributed by atoms with Crippen LogP contribution >= 0.6 is 0 Å². The van der Waals surface area contributed by atoms with Crippen molar-refractivity contribution >= 4 is 17.2 Å². The third-order valence-electron chi connectivity index (χ3n) is 4.42. The molecule has 0 fully saturated rings. The summed E-state index contributed by atoms with van der Waals surface area (Å²) in [4.78, 5) is 11.2. The molecule has 0 aliphatic rings. The quantitative estimate of drug-likeness (QED) is 0.477. The van der Waals surface area contributed by atoms with Crippen LogP contribution in [0.5, 0.6) is 0 Å². The largest absolute Gasteiger partial charge is 0.343 e. The Balaban J connectivity index is 1.79. The van der Waals surface area contributed by atoms with Crippen LogP contribution in [-0.2, 0) is 6.54 Å². The van der Waals surface area contributed by atoms with Crippen molar-refractivity contribution in [3.05, 3.63) is 96.2 Å². The van der Waals surface area contributed by atoms with E-state index < -0.39 is 0 Å². The molecule has 0 aliphatic carbocycles. The molecule has 0 N–H and O–H groups in total. The zero-order valence-corrected chi connectivity index (χ0v) is 13.2. The molecular formula is C22H17NO. The monoisotopic (exact) mass is 311 g/mol. The molecule has 0 unspecified atom stereocenters. The second-order valence-corrected chi connectivity index (χ2v) is 5.86. The van der Waals surface area contributed by atoms with Gasteiger partial charge in [0.1, 0.15) is 0 Å². The lowest BCUT2D eigenvalue weighted by molar-refractivity contribution is 0.112. The van der Waals surface area contributed by atoms with Gasteiger partial charge >= 0.3 is 0 Å². The molecule has 4 rings (SSSR count). The van der Waals surface area contributed by atoms with Gasteiger partial charge in [-0.1, -0.05) is 66.7 Å². The van der Waals surface area contributed by atoms with Crippen molar-refractivity contribution < 1.29 is 4.79 Å². The van der Waals surface area contributed by atoms with Crippen molar-refractivity contribution in [2.75, 3.05) is 0 Å². The van der Waals surface area contributed by atoms with Gasteiger partial charge in [0.05, 0.1) is 0 Å². The highest BCUT2D eigenvalue weighted by Crippen LogP contribution is 2.26. The molecule has 2 heteroatoms. The minimum Gasteiger partial charge on any atom is -0.343 e. The van der Waals surface area contributed by atoms with Gasteiger partial charge in [-0.05, 0) is 28.8 Å². The van der Waals surface area contributed by atoms with Gasteiger partial charge in [-0.15, -0.1) is 0 Å². The van der Waals surface area contributed by atoms with Gasteiger partial charge in [-0.3, -0.25) is 4.79 Å². The van der Waals surface area contributed by atoms with E-state index in [0.717, 1.165) is 29.3 Å². The van der Waals surface area contributed by atoms with Gasteiger partial charge in [-0.2, -0.15) is 0 Å². The summed E-state index contributed by atoms with van der Waals surface area (Å²) in [5.74, 6) is 0. The fourth-order valence-electron chi connectivity index (χ4n) is 3.23. The van der Waals surface area contributed by atoms with E-state index in [1.54, 1.807) is 0 Å². The van der Waals surface area contributed by atoms with Crippen molar-refractivity contribution in [2.45, 2.75) is 6.54 Å². The highest BCUT2D eigenvalue weighted by molar-refractivity contribution is 5.97. The van der Waals surface area contributed by atoms with Crippen molar-refractivity contribution in [1.82, 2.24) is 4.57 Å². The topological polar surface area (TPSA) is 22.0 Å². The summed E-state index contributed by atoms with van der Waals surface area (Å²) in [6.45, 7) is 0.775. The van der Waals surface area contributed by atoms with Crippen LogP contribution in [0.4, 0.5) is 0 Å². The number of aromatic nitrogens is 1. The summed E-state index contributed by atoms with van der Waals surface area (Å²) < 4.78 is 2.20. The van der Waals surface area contributed by atoms with E-state index in [2.05, 4.69) is 65.4 Å². The Kier molecular flexibility index (Phi) is 3.72. The summed E-state index contributed by atoms with van der Waals surface area (Å²) in [6.07, 6.45) is 2.98. The highest BCUT2D eigenvalue weighted by atomic mass is 16.1. The SMILES string of the molecule is O=Cc1cccc2c1ccn2Cc1ccccc1-c1ccccc1. The van der Waals surface area contributed by atoms with E-state index in [9.17, 15) is 4.79 Å². The average Bonchev–Trinajstić information content (AvgIpc) is 3.06. The molecule has 0 bridgehead atoms. The number of fused-ring (bicyclic) bond motifs is 1. The number of hydrogen-bond donors (Lipinski definition) is 0. The van der Waals surface area contributed by atoms with Crippen LogP contribution in [0.25, 0.3) is 22.0 Å². The number of carbonyl (C=O) groups is 1. The summed E-state index contributed by atoms with van der Waals surface area (Å²) in [7, 11) is 0. The Morgan fingerprint density at radius 2 is 1.58 bits per heavy atom. The van der Waals surface area contributed by atoms with E-state index in [-0.39, 0.29) is 0 Å². The Morgan fingerprint density at radius 1 is 0.792 bits per heavy atom. The lowest BCUT2D eigenvalue weighted by Gasteiger charge is -2.12. The summed E-state index contributed by atoms with van der Waals surface area (Å²) in [5.41, 5.74) is 5.55. The Morgan fingerprint density at radius 3 is 2.42 bits per heavy atom. The first-order valence-corrected chi connectivity index (χ1v) is 8.03. The van der Waals surface area contributed by atoms with Crippen molar-refractivity contribution in [1.29, 1.82) is 0 Å². The van der Waals surface area contributed by atoms with Crippen LogP contribution < -0.4 is 0 Å². The summed E-state index contributed by atoms with van der Waals surface area (Å²) >= 11 is 0. The third-order valence-corrected chi connectivity index (χ3v) is 4.42. The molecule has 4 aromatic rings. The van der Waals surface area contributed by atoms with Crippen LogP contribution in [0, 0.1) is 0 Å². The minimum absolute atomic E-state index is 0.739. The number of nitrogens with zero attached hydrogens (tertiary/aromatic N) is 1. The van der Waals surface area contributed by atoms with Gasteiger partial charge < -0.3 is 4.57 Å². The van der Waals surface area contributed by atoms with Gasteiger partial charge in [0.15, 0.2) is 6.29 Å². The Hall–Kier alpha value is -3.13. The number of carbonyl (C=O) groups excluding carboxylic acids is 1. The predicted octanol–water partition coefficient (Wildman–Crippen LogP) is 5.17. The predicted molar refractivity (Wildman–Crippen MR) is 98.3 cm³/mol. The molecule has 1 aromatic heterocycles. The molecule has 2 nitrogen and oxygen atoms in total. The van der Waals surface area contributed by atoms with Crippen molar-refractivity contribution in [3.8, 4) is 11.1 Å². The molecule has 0 saturated heterocycles. The summed E-state index contributed by atoms with van der Waals surface area (Å²) in [6, 6.07) is 26.8. The average molecular weight is 311 g/mol. The molecule has 3 aromatic carbocycles. The summed E-state index contributed by atoms with van der Waals surface area (Å²) in [5, 5.41) is 1.00. The number of benzene rings is 3. The van der Waals surface area contributed by atoms with Crippen LogP contribution in [0.15, 0.2) is 85.1 Å². The molecule has 24 heavy (non-hydrogen) atoms. The lowest BCUT2D eigenvalue weighted by Crippen LogP contribution is -2.00. The molecule has 0 saturated carbocycles. The van der Waals surface area contributed by atoms with Gasteiger partial charge in [-0.25, -0.2) is 0 Å². The van der Waals surface area contributed by atoms with Crippen LogP contribution in [0.2, 0.25) is 0 Å². The smallest absolute Gasteiger partial charge is 0.150 e. The Labute approximate surface area is 141 Å².